The molecule has 0 spiro atoms. The Bertz CT molecular complexity index is 1180. The summed E-state index contributed by atoms with van der Waals surface area (Å²) in [4.78, 5) is 39.7. The Labute approximate surface area is 199 Å². The van der Waals surface area contributed by atoms with E-state index in [4.69, 9.17) is 5.73 Å². The van der Waals surface area contributed by atoms with E-state index < -0.39 is 0 Å². The van der Waals surface area contributed by atoms with E-state index in [-0.39, 0.29) is 17.7 Å². The number of carbonyl (C=O) groups is 3. The average Bonchev–Trinajstić information content (AvgIpc) is 2.82. The summed E-state index contributed by atoms with van der Waals surface area (Å²) in [6, 6.07) is 20.0. The van der Waals surface area contributed by atoms with Crippen molar-refractivity contribution in [3.63, 3.8) is 0 Å². The number of carbonyl (C=O) groups excluding carboxylic acids is 3. The third-order valence-corrected chi connectivity index (χ3v) is 4.98. The van der Waals surface area contributed by atoms with Crippen LogP contribution in [0.25, 0.3) is 0 Å². The van der Waals surface area contributed by atoms with Gasteiger partial charge in [0.05, 0.1) is 0 Å². The number of rotatable bonds is 9. The first-order valence-corrected chi connectivity index (χ1v) is 10.9. The Hall–Kier alpha value is -4.17. The molecule has 0 atom stereocenters. The highest BCUT2D eigenvalue weighted by Crippen LogP contribution is 2.16. The summed E-state index contributed by atoms with van der Waals surface area (Å²) in [6.07, 6.45) is 0.847. The first-order chi connectivity index (χ1) is 16.3. The zero-order valence-corrected chi connectivity index (χ0v) is 19.3. The smallest absolute Gasteiger partial charge is 0.255 e. The first kappa shape index (κ1) is 24.5. The number of benzene rings is 3. The summed E-state index contributed by atoms with van der Waals surface area (Å²) >= 11 is 0. The Morgan fingerprint density at radius 1 is 0.735 bits per heavy atom. The van der Waals surface area contributed by atoms with E-state index in [0.29, 0.717) is 40.3 Å². The summed E-state index contributed by atoms with van der Waals surface area (Å²) in [5, 5.41) is 8.45. The van der Waals surface area contributed by atoms with Gasteiger partial charge in [0.1, 0.15) is 0 Å². The Morgan fingerprint density at radius 2 is 1.24 bits per heavy atom. The lowest BCUT2D eigenvalue weighted by atomic mass is 10.1. The lowest BCUT2D eigenvalue weighted by Crippen LogP contribution is -2.27. The number of nitrogens with one attached hydrogen (secondary N) is 3. The fourth-order valence-electron chi connectivity index (χ4n) is 3.26. The van der Waals surface area contributed by atoms with Gasteiger partial charge in [-0.25, -0.2) is 0 Å². The van der Waals surface area contributed by atoms with Crippen molar-refractivity contribution in [3.05, 3.63) is 89.5 Å². The van der Waals surface area contributed by atoms with Crippen LogP contribution < -0.4 is 21.7 Å². The summed E-state index contributed by atoms with van der Waals surface area (Å²) in [5.41, 5.74) is 8.46. The maximum Gasteiger partial charge on any atom is 0.255 e. The zero-order valence-electron chi connectivity index (χ0n) is 19.3. The Morgan fingerprint density at radius 3 is 1.76 bits per heavy atom. The lowest BCUT2D eigenvalue weighted by Gasteiger charge is -2.11. The van der Waals surface area contributed by atoms with Crippen LogP contribution in [0.2, 0.25) is 0 Å². The molecule has 3 amide bonds. The highest BCUT2D eigenvalue weighted by Gasteiger charge is 2.12. The molecule has 0 saturated carbocycles. The van der Waals surface area contributed by atoms with Crippen LogP contribution in [0, 0.1) is 0 Å². The van der Waals surface area contributed by atoms with Crippen molar-refractivity contribution in [2.75, 3.05) is 43.6 Å². The molecular weight excluding hydrogens is 430 g/mol. The second-order valence-electron chi connectivity index (χ2n) is 8.11. The van der Waals surface area contributed by atoms with E-state index >= 15 is 0 Å². The third-order valence-electron chi connectivity index (χ3n) is 4.98. The van der Waals surface area contributed by atoms with Crippen LogP contribution in [-0.4, -0.2) is 49.8 Å². The Kier molecular flexibility index (Phi) is 8.37. The lowest BCUT2D eigenvalue weighted by molar-refractivity contribution is 0.0950. The monoisotopic (exact) mass is 459 g/mol. The number of nitrogens with zero attached hydrogens (tertiary/aromatic N) is 1. The van der Waals surface area contributed by atoms with Crippen LogP contribution in [0.3, 0.4) is 0 Å². The average molecular weight is 460 g/mol. The van der Waals surface area contributed by atoms with Crippen molar-refractivity contribution >= 4 is 34.8 Å². The molecule has 8 nitrogen and oxygen atoms in total. The standard InChI is InChI=1S/C26H29N5O3/c1-31(2)14-6-13-28-24(32)19-8-4-11-22(16-19)30-26(34)20-9-5-12-23(17-20)29-25(33)18-7-3-10-21(27)15-18/h3-5,7-12,15-17H,6,13-14,27H2,1-2H3,(H,28,32)(H,29,33)(H,30,34). The maximum absolute atomic E-state index is 12.8. The van der Waals surface area contributed by atoms with Gasteiger partial charge >= 0.3 is 0 Å². The molecule has 3 rings (SSSR count). The van der Waals surface area contributed by atoms with Crippen LogP contribution in [0.5, 0.6) is 0 Å². The molecule has 0 radical (unpaired) electrons. The summed E-state index contributed by atoms with van der Waals surface area (Å²) in [6.45, 7) is 1.46. The highest BCUT2D eigenvalue weighted by atomic mass is 16.2. The fraction of sp³-hybridized carbons (Fsp3) is 0.192. The van der Waals surface area contributed by atoms with Gasteiger partial charge in [0, 0.05) is 40.3 Å². The number of nitrogen functional groups attached to an aromatic ring is 1. The fourth-order valence-corrected chi connectivity index (χ4v) is 3.26. The summed E-state index contributed by atoms with van der Waals surface area (Å²) in [7, 11) is 3.97. The van der Waals surface area contributed by atoms with Crippen LogP contribution in [0.1, 0.15) is 37.5 Å². The normalized spacial score (nSPS) is 10.6. The molecule has 0 aliphatic rings. The number of nitrogens with two attached hydrogens (primary N) is 1. The van der Waals surface area contributed by atoms with Crippen molar-refractivity contribution < 1.29 is 14.4 Å². The van der Waals surface area contributed by atoms with E-state index in [1.807, 2.05) is 14.1 Å². The highest BCUT2D eigenvalue weighted by molar-refractivity contribution is 6.08. The second-order valence-corrected chi connectivity index (χ2v) is 8.11. The van der Waals surface area contributed by atoms with Gasteiger partial charge in [-0.3, -0.25) is 14.4 Å². The molecule has 176 valence electrons. The Balaban J connectivity index is 1.62. The molecule has 0 aliphatic carbocycles. The van der Waals surface area contributed by atoms with E-state index in [1.54, 1.807) is 72.8 Å². The van der Waals surface area contributed by atoms with Crippen LogP contribution in [0.15, 0.2) is 72.8 Å². The van der Waals surface area contributed by atoms with E-state index in [2.05, 4.69) is 20.9 Å². The first-order valence-electron chi connectivity index (χ1n) is 10.9. The minimum atomic E-state index is -0.358. The molecule has 34 heavy (non-hydrogen) atoms. The van der Waals surface area contributed by atoms with Crippen molar-refractivity contribution in [1.82, 2.24) is 10.2 Å². The molecule has 0 aromatic heterocycles. The van der Waals surface area contributed by atoms with Crippen molar-refractivity contribution in [2.45, 2.75) is 6.42 Å². The van der Waals surface area contributed by atoms with Crippen LogP contribution >= 0.6 is 0 Å². The van der Waals surface area contributed by atoms with Crippen molar-refractivity contribution in [1.29, 1.82) is 0 Å². The van der Waals surface area contributed by atoms with Crippen LogP contribution in [0.4, 0.5) is 17.1 Å². The number of hydrogen-bond donors (Lipinski definition) is 4. The second kappa shape index (κ2) is 11.6. The molecule has 0 aliphatic heterocycles. The molecule has 0 unspecified atom stereocenters. The molecule has 0 saturated heterocycles. The van der Waals surface area contributed by atoms with Gasteiger partial charge in [-0.15, -0.1) is 0 Å². The molecule has 0 fully saturated rings. The van der Waals surface area contributed by atoms with Gasteiger partial charge in [0.15, 0.2) is 0 Å². The summed E-state index contributed by atoms with van der Waals surface area (Å²) in [5.74, 6) is -0.876. The van der Waals surface area contributed by atoms with Gasteiger partial charge in [-0.1, -0.05) is 18.2 Å². The molecule has 3 aromatic carbocycles. The molecule has 3 aromatic rings. The quantitative estimate of drug-likeness (QED) is 0.289. The van der Waals surface area contributed by atoms with Crippen molar-refractivity contribution in [3.8, 4) is 0 Å². The van der Waals surface area contributed by atoms with E-state index in [0.717, 1.165) is 13.0 Å². The van der Waals surface area contributed by atoms with Gasteiger partial charge in [0.25, 0.3) is 17.7 Å². The topological polar surface area (TPSA) is 117 Å². The molecule has 0 heterocycles. The van der Waals surface area contributed by atoms with Gasteiger partial charge in [-0.2, -0.15) is 0 Å². The predicted octanol–water partition coefficient (Wildman–Crippen LogP) is 3.45. The minimum Gasteiger partial charge on any atom is -0.399 e. The predicted molar refractivity (Wildman–Crippen MR) is 135 cm³/mol. The molecule has 8 heteroatoms. The number of anilines is 3. The van der Waals surface area contributed by atoms with Gasteiger partial charge < -0.3 is 26.6 Å². The largest absolute Gasteiger partial charge is 0.399 e. The maximum atomic E-state index is 12.8. The summed E-state index contributed by atoms with van der Waals surface area (Å²) < 4.78 is 0. The van der Waals surface area contributed by atoms with Crippen molar-refractivity contribution in [2.24, 2.45) is 0 Å². The van der Waals surface area contributed by atoms with Crippen LogP contribution in [-0.2, 0) is 0 Å². The third kappa shape index (κ3) is 7.18. The number of amides is 3. The molecule has 5 N–H and O–H groups in total. The van der Waals surface area contributed by atoms with Gasteiger partial charge in [0.2, 0.25) is 0 Å². The minimum absolute atomic E-state index is 0.193. The van der Waals surface area contributed by atoms with E-state index in [9.17, 15) is 14.4 Å². The SMILES string of the molecule is CN(C)CCCNC(=O)c1cccc(NC(=O)c2cccc(NC(=O)c3cccc(N)c3)c2)c1. The zero-order chi connectivity index (χ0) is 24.5. The molecule has 0 bridgehead atoms. The number of hydrogen-bond acceptors (Lipinski definition) is 5. The van der Waals surface area contributed by atoms with E-state index in [1.165, 1.54) is 0 Å². The molecular formula is C26H29N5O3. The van der Waals surface area contributed by atoms with Gasteiger partial charge in [-0.05, 0) is 81.7 Å².